The van der Waals surface area contributed by atoms with Crippen LogP contribution in [0.1, 0.15) is 5.56 Å². The van der Waals surface area contributed by atoms with E-state index in [1.807, 2.05) is 6.07 Å². The maximum atomic E-state index is 11.8. The van der Waals surface area contributed by atoms with Gasteiger partial charge in [0.2, 0.25) is 0 Å². The van der Waals surface area contributed by atoms with Crippen LogP contribution in [-0.2, 0) is 4.79 Å². The Hall–Kier alpha value is -2.42. The molecule has 0 heterocycles. The zero-order valence-electron chi connectivity index (χ0n) is 11.3. The van der Waals surface area contributed by atoms with Crippen molar-refractivity contribution in [3.8, 4) is 11.8 Å². The average molecular weight is 336 g/mol. The molecule has 0 atom stereocenters. The summed E-state index contributed by atoms with van der Waals surface area (Å²) < 4.78 is 5.31. The number of hydrogen-bond donors (Lipinski definition) is 2. The van der Waals surface area contributed by atoms with E-state index in [0.717, 1.165) is 0 Å². The third-order valence-corrected chi connectivity index (χ3v) is 3.34. The number of nitrogens with zero attached hydrogens (tertiary/aromatic N) is 1. The Labute approximate surface area is 137 Å². The fourth-order valence-corrected chi connectivity index (χ4v) is 2.12. The van der Waals surface area contributed by atoms with Crippen molar-refractivity contribution >= 4 is 40.5 Å². The van der Waals surface area contributed by atoms with E-state index in [9.17, 15) is 4.79 Å². The number of nitrogens with one attached hydrogen (secondary N) is 1. The second kappa shape index (κ2) is 7.03. The number of nitriles is 1. The number of nitrogen functional groups attached to an aromatic ring is 1. The molecule has 0 aliphatic rings. The van der Waals surface area contributed by atoms with Gasteiger partial charge in [-0.05, 0) is 36.4 Å². The van der Waals surface area contributed by atoms with Crippen LogP contribution in [0.25, 0.3) is 0 Å². The SMILES string of the molecule is N#Cc1ccc(OCC(=O)Nc2cc(Cl)c(N)c(Cl)c2)cc1. The standard InChI is InChI=1S/C15H11Cl2N3O2/c16-12-5-10(6-13(17)15(12)19)20-14(21)8-22-11-3-1-9(7-18)2-4-11/h1-6H,8,19H2,(H,20,21). The summed E-state index contributed by atoms with van der Waals surface area (Å²) in [6.45, 7) is -0.189. The van der Waals surface area contributed by atoms with Crippen LogP contribution in [0.5, 0.6) is 5.75 Å². The summed E-state index contributed by atoms with van der Waals surface area (Å²) in [5, 5.41) is 11.8. The minimum atomic E-state index is -0.374. The molecule has 0 saturated carbocycles. The molecule has 0 spiro atoms. The summed E-state index contributed by atoms with van der Waals surface area (Å²) in [5.41, 5.74) is 6.82. The lowest BCUT2D eigenvalue weighted by Gasteiger charge is -2.09. The van der Waals surface area contributed by atoms with Crippen LogP contribution in [0.15, 0.2) is 36.4 Å². The number of rotatable bonds is 4. The monoisotopic (exact) mass is 335 g/mol. The maximum absolute atomic E-state index is 11.8. The number of hydrogen-bond acceptors (Lipinski definition) is 4. The maximum Gasteiger partial charge on any atom is 0.262 e. The van der Waals surface area contributed by atoms with Crippen molar-refractivity contribution in [3.05, 3.63) is 52.0 Å². The molecule has 5 nitrogen and oxygen atoms in total. The summed E-state index contributed by atoms with van der Waals surface area (Å²) in [4.78, 5) is 11.8. The Morgan fingerprint density at radius 2 is 1.82 bits per heavy atom. The van der Waals surface area contributed by atoms with Crippen molar-refractivity contribution in [1.29, 1.82) is 5.26 Å². The summed E-state index contributed by atoms with van der Waals surface area (Å²) in [7, 11) is 0. The molecule has 2 aromatic rings. The molecule has 3 N–H and O–H groups in total. The van der Waals surface area contributed by atoms with Crippen molar-refractivity contribution in [3.63, 3.8) is 0 Å². The smallest absolute Gasteiger partial charge is 0.262 e. The molecule has 0 radical (unpaired) electrons. The number of halogens is 2. The van der Waals surface area contributed by atoms with Crippen LogP contribution >= 0.6 is 23.2 Å². The molecule has 2 aromatic carbocycles. The van der Waals surface area contributed by atoms with Gasteiger partial charge in [-0.3, -0.25) is 4.79 Å². The third kappa shape index (κ3) is 4.04. The van der Waals surface area contributed by atoms with Gasteiger partial charge in [0.05, 0.1) is 27.4 Å². The van der Waals surface area contributed by atoms with Crippen molar-refractivity contribution in [2.45, 2.75) is 0 Å². The fourth-order valence-electron chi connectivity index (χ4n) is 1.63. The predicted octanol–water partition coefficient (Wildman–Crippen LogP) is 3.46. The van der Waals surface area contributed by atoms with Crippen LogP contribution in [0.4, 0.5) is 11.4 Å². The Morgan fingerprint density at radius 1 is 1.23 bits per heavy atom. The molecular weight excluding hydrogens is 325 g/mol. The highest BCUT2D eigenvalue weighted by atomic mass is 35.5. The molecule has 112 valence electrons. The van der Waals surface area contributed by atoms with Gasteiger partial charge in [0.25, 0.3) is 5.91 Å². The fraction of sp³-hybridized carbons (Fsp3) is 0.0667. The topological polar surface area (TPSA) is 88.1 Å². The van der Waals surface area contributed by atoms with Gasteiger partial charge in [0.1, 0.15) is 5.75 Å². The highest BCUT2D eigenvalue weighted by Gasteiger charge is 2.08. The number of anilines is 2. The lowest BCUT2D eigenvalue weighted by molar-refractivity contribution is -0.118. The van der Waals surface area contributed by atoms with Crippen LogP contribution in [0.2, 0.25) is 10.0 Å². The number of amides is 1. The first kappa shape index (κ1) is 16.0. The normalized spacial score (nSPS) is 9.86. The van der Waals surface area contributed by atoms with E-state index in [-0.39, 0.29) is 28.2 Å². The van der Waals surface area contributed by atoms with Crippen molar-refractivity contribution in [1.82, 2.24) is 0 Å². The Morgan fingerprint density at radius 3 is 2.36 bits per heavy atom. The summed E-state index contributed by atoms with van der Waals surface area (Å²) in [5.74, 6) is 0.115. The van der Waals surface area contributed by atoms with Gasteiger partial charge in [-0.2, -0.15) is 5.26 Å². The van der Waals surface area contributed by atoms with Crippen LogP contribution in [0.3, 0.4) is 0 Å². The number of carbonyl (C=O) groups is 1. The molecule has 0 unspecified atom stereocenters. The van der Waals surface area contributed by atoms with Gasteiger partial charge in [0, 0.05) is 5.69 Å². The molecular formula is C15H11Cl2N3O2. The minimum Gasteiger partial charge on any atom is -0.484 e. The molecule has 2 rings (SSSR count). The zero-order valence-corrected chi connectivity index (χ0v) is 12.8. The van der Waals surface area contributed by atoms with Crippen LogP contribution in [0, 0.1) is 11.3 Å². The van der Waals surface area contributed by atoms with Crippen LogP contribution < -0.4 is 15.8 Å². The first-order valence-corrected chi connectivity index (χ1v) is 6.92. The first-order chi connectivity index (χ1) is 10.5. The van der Waals surface area contributed by atoms with Gasteiger partial charge < -0.3 is 15.8 Å². The Kier molecular flexibility index (Phi) is 5.10. The zero-order chi connectivity index (χ0) is 16.1. The van der Waals surface area contributed by atoms with Gasteiger partial charge in [-0.1, -0.05) is 23.2 Å². The molecule has 0 aliphatic heterocycles. The van der Waals surface area contributed by atoms with E-state index in [0.29, 0.717) is 17.0 Å². The molecule has 0 fully saturated rings. The highest BCUT2D eigenvalue weighted by Crippen LogP contribution is 2.31. The predicted molar refractivity (Wildman–Crippen MR) is 86.2 cm³/mol. The summed E-state index contributed by atoms with van der Waals surface area (Å²) >= 11 is 11.8. The molecule has 1 amide bonds. The van der Waals surface area contributed by atoms with Gasteiger partial charge in [-0.25, -0.2) is 0 Å². The number of nitrogens with two attached hydrogens (primary N) is 1. The summed E-state index contributed by atoms with van der Waals surface area (Å²) in [6, 6.07) is 11.4. The number of benzene rings is 2. The van der Waals surface area contributed by atoms with E-state index in [4.69, 9.17) is 38.9 Å². The van der Waals surface area contributed by atoms with Gasteiger partial charge in [-0.15, -0.1) is 0 Å². The molecule has 22 heavy (non-hydrogen) atoms. The number of carbonyl (C=O) groups excluding carboxylic acids is 1. The Balaban J connectivity index is 1.94. The molecule has 7 heteroatoms. The van der Waals surface area contributed by atoms with E-state index < -0.39 is 0 Å². The Bertz CT molecular complexity index is 716. The van der Waals surface area contributed by atoms with Crippen molar-refractivity contribution < 1.29 is 9.53 Å². The van der Waals surface area contributed by atoms with E-state index in [1.54, 1.807) is 24.3 Å². The van der Waals surface area contributed by atoms with E-state index in [1.165, 1.54) is 12.1 Å². The second-order valence-corrected chi connectivity index (χ2v) is 5.14. The average Bonchev–Trinajstić information content (AvgIpc) is 2.51. The lowest BCUT2D eigenvalue weighted by Crippen LogP contribution is -2.20. The van der Waals surface area contributed by atoms with Crippen molar-refractivity contribution in [2.24, 2.45) is 0 Å². The summed E-state index contributed by atoms with van der Waals surface area (Å²) in [6.07, 6.45) is 0. The highest BCUT2D eigenvalue weighted by molar-refractivity contribution is 6.39. The quantitative estimate of drug-likeness (QED) is 0.837. The molecule has 0 aliphatic carbocycles. The lowest BCUT2D eigenvalue weighted by atomic mass is 10.2. The van der Waals surface area contributed by atoms with E-state index in [2.05, 4.69) is 5.32 Å². The van der Waals surface area contributed by atoms with Crippen molar-refractivity contribution in [2.75, 3.05) is 17.7 Å². The molecule has 0 bridgehead atoms. The minimum absolute atomic E-state index is 0.189. The van der Waals surface area contributed by atoms with Gasteiger partial charge in [0.15, 0.2) is 6.61 Å². The van der Waals surface area contributed by atoms with E-state index >= 15 is 0 Å². The third-order valence-electron chi connectivity index (χ3n) is 2.72. The molecule has 0 aromatic heterocycles. The second-order valence-electron chi connectivity index (χ2n) is 4.33. The molecule has 0 saturated heterocycles. The first-order valence-electron chi connectivity index (χ1n) is 6.17. The van der Waals surface area contributed by atoms with Crippen LogP contribution in [-0.4, -0.2) is 12.5 Å². The largest absolute Gasteiger partial charge is 0.484 e. The van der Waals surface area contributed by atoms with Gasteiger partial charge >= 0.3 is 0 Å². The number of ether oxygens (including phenoxy) is 1.